The number of piperidine rings is 2. The Bertz CT molecular complexity index is 2030. The van der Waals surface area contributed by atoms with Crippen LogP contribution in [0.4, 0.5) is 9.59 Å². The number of nitrogens with zero attached hydrogens (tertiary/aromatic N) is 4. The Kier molecular flexibility index (Phi) is 15.4. The van der Waals surface area contributed by atoms with Gasteiger partial charge in [-0.3, -0.25) is 0 Å². The van der Waals surface area contributed by atoms with Crippen molar-refractivity contribution in [1.29, 1.82) is 0 Å². The summed E-state index contributed by atoms with van der Waals surface area (Å²) in [7, 11) is 0. The molecule has 8 fully saturated rings. The minimum Gasteiger partial charge on any atom is -0.444 e. The summed E-state index contributed by atoms with van der Waals surface area (Å²) < 4.78 is 22.2. The zero-order chi connectivity index (χ0) is 47.5. The van der Waals surface area contributed by atoms with Gasteiger partial charge in [0, 0.05) is 62.3 Å². The first kappa shape index (κ1) is 49.5. The third kappa shape index (κ3) is 12.3. The van der Waals surface area contributed by atoms with Crippen LogP contribution in [0.2, 0.25) is 0 Å². The van der Waals surface area contributed by atoms with E-state index in [9.17, 15) is 9.59 Å². The van der Waals surface area contributed by atoms with Crippen LogP contribution in [-0.4, -0.2) is 134 Å². The SMILES string of the molecule is CC(C)(C)OC(=O)N1CC2(CC[C@@H](N3CCC(c4ccccc4C=C4CCOCC4)CC3)C2)C1.CC(C)(C)OC(=O)N1CC2(CC[C@@H](N3CCC(c4ccccc4CC4CCOCC4)CC3)C2)C1. The van der Waals surface area contributed by atoms with E-state index in [0.29, 0.717) is 34.7 Å². The lowest BCUT2D eigenvalue weighted by Gasteiger charge is -2.48. The van der Waals surface area contributed by atoms with Gasteiger partial charge in [0.2, 0.25) is 0 Å². The second-order valence-electron chi connectivity index (χ2n) is 24.6. The molecule has 10 rings (SSSR count). The van der Waals surface area contributed by atoms with Gasteiger partial charge in [0.25, 0.3) is 0 Å². The van der Waals surface area contributed by atoms with Crippen LogP contribution < -0.4 is 0 Å². The van der Waals surface area contributed by atoms with Crippen LogP contribution in [0.5, 0.6) is 0 Å². The van der Waals surface area contributed by atoms with Gasteiger partial charge >= 0.3 is 12.2 Å². The predicted molar refractivity (Wildman–Crippen MR) is 271 cm³/mol. The van der Waals surface area contributed by atoms with E-state index in [2.05, 4.69) is 64.4 Å². The molecule has 2 spiro atoms. The molecule has 10 heteroatoms. The average molecular weight is 935 g/mol. The largest absolute Gasteiger partial charge is 0.444 e. The van der Waals surface area contributed by atoms with E-state index in [-0.39, 0.29) is 12.2 Å². The highest BCUT2D eigenvalue weighted by Crippen LogP contribution is 2.50. The van der Waals surface area contributed by atoms with Gasteiger partial charge in [-0.25, -0.2) is 9.59 Å². The lowest BCUT2D eigenvalue weighted by atomic mass is 9.78. The molecule has 0 radical (unpaired) electrons. The van der Waals surface area contributed by atoms with Crippen molar-refractivity contribution in [2.45, 2.75) is 173 Å². The van der Waals surface area contributed by atoms with E-state index in [1.165, 1.54) is 126 Å². The summed E-state index contributed by atoms with van der Waals surface area (Å²) in [5, 5.41) is 0. The van der Waals surface area contributed by atoms with Crippen molar-refractivity contribution in [3.8, 4) is 0 Å². The molecular weight excluding hydrogens is 849 g/mol. The van der Waals surface area contributed by atoms with Crippen molar-refractivity contribution in [1.82, 2.24) is 19.6 Å². The number of carbonyl (C=O) groups is 2. The fourth-order valence-corrected chi connectivity index (χ4v) is 13.5. The molecule has 8 aliphatic rings. The van der Waals surface area contributed by atoms with Gasteiger partial charge in [-0.05, 0) is 204 Å². The number of ether oxygens (including phenoxy) is 4. The molecular formula is C58H86N4O6. The van der Waals surface area contributed by atoms with Gasteiger partial charge in [-0.15, -0.1) is 0 Å². The molecule has 2 aliphatic carbocycles. The quantitative estimate of drug-likeness (QED) is 0.271. The lowest BCUT2D eigenvalue weighted by Crippen LogP contribution is -2.58. The van der Waals surface area contributed by atoms with E-state index < -0.39 is 11.2 Å². The molecule has 2 atom stereocenters. The highest BCUT2D eigenvalue weighted by atomic mass is 16.6. The van der Waals surface area contributed by atoms with Crippen LogP contribution in [0, 0.1) is 16.7 Å². The predicted octanol–water partition coefficient (Wildman–Crippen LogP) is 11.5. The van der Waals surface area contributed by atoms with Crippen LogP contribution in [0.25, 0.3) is 6.08 Å². The van der Waals surface area contributed by atoms with Gasteiger partial charge in [0.1, 0.15) is 11.2 Å². The summed E-state index contributed by atoms with van der Waals surface area (Å²) in [6.45, 7) is 23.6. The fourth-order valence-electron chi connectivity index (χ4n) is 13.5. The lowest BCUT2D eigenvalue weighted by molar-refractivity contribution is -0.0351. The van der Waals surface area contributed by atoms with Crippen molar-refractivity contribution >= 4 is 18.3 Å². The first-order valence-electron chi connectivity index (χ1n) is 27.1. The molecule has 374 valence electrons. The maximum absolute atomic E-state index is 12.4. The Balaban J connectivity index is 0.000000170. The topological polar surface area (TPSA) is 84.0 Å². The summed E-state index contributed by atoms with van der Waals surface area (Å²) in [5.41, 5.74) is 7.55. The third-order valence-electron chi connectivity index (χ3n) is 17.1. The molecule has 0 unspecified atom stereocenters. The van der Waals surface area contributed by atoms with Crippen molar-refractivity contribution < 1.29 is 28.5 Å². The molecule has 2 aromatic rings. The van der Waals surface area contributed by atoms with Crippen molar-refractivity contribution in [2.75, 3.05) is 78.8 Å². The number of hydrogen-bond acceptors (Lipinski definition) is 8. The maximum atomic E-state index is 12.4. The van der Waals surface area contributed by atoms with E-state index >= 15 is 0 Å². The van der Waals surface area contributed by atoms with Crippen LogP contribution in [0.1, 0.15) is 166 Å². The van der Waals surface area contributed by atoms with Gasteiger partial charge in [0.05, 0.1) is 13.2 Å². The van der Waals surface area contributed by atoms with Crippen molar-refractivity contribution in [3.05, 3.63) is 76.4 Å². The molecule has 6 saturated heterocycles. The summed E-state index contributed by atoms with van der Waals surface area (Å²) in [4.78, 5) is 34.1. The van der Waals surface area contributed by atoms with E-state index in [4.69, 9.17) is 18.9 Å². The number of rotatable bonds is 7. The molecule has 2 aromatic carbocycles. The highest BCUT2D eigenvalue weighted by Gasteiger charge is 2.53. The minimum atomic E-state index is -0.414. The Hall–Kier alpha value is -3.44. The number of likely N-dealkylation sites (tertiary alicyclic amines) is 4. The summed E-state index contributed by atoms with van der Waals surface area (Å²) in [6, 6.07) is 19.7. The zero-order valence-corrected chi connectivity index (χ0v) is 42.9. The number of hydrogen-bond donors (Lipinski definition) is 0. The molecule has 2 amide bonds. The van der Waals surface area contributed by atoms with E-state index in [0.717, 1.165) is 71.4 Å². The Morgan fingerprint density at radius 2 is 1.06 bits per heavy atom. The second kappa shape index (κ2) is 21.1. The first-order chi connectivity index (χ1) is 32.6. The summed E-state index contributed by atoms with van der Waals surface area (Å²) in [5.74, 6) is 2.15. The monoisotopic (exact) mass is 935 g/mol. The standard InChI is InChI=1S/C29H44N2O3.C29H42N2O3/c2*1-28(2,3)34-27(32)31-20-29(21-31)13-8-25(19-29)30-14-9-23(10-15-30)26-7-5-4-6-24(26)18-22-11-16-33-17-12-22/h4-7,22-23,25H,8-21H2,1-3H3;4-7,18,23,25H,8-17,19-21H2,1-3H3/t2*25-/m11/s1. The third-order valence-corrected chi connectivity index (χ3v) is 17.1. The van der Waals surface area contributed by atoms with Gasteiger partial charge in [0.15, 0.2) is 0 Å². The van der Waals surface area contributed by atoms with Gasteiger partial charge < -0.3 is 38.5 Å². The number of carbonyl (C=O) groups excluding carboxylic acids is 2. The Labute approximate surface area is 409 Å². The molecule has 6 heterocycles. The molecule has 10 nitrogen and oxygen atoms in total. The number of benzene rings is 2. The molecule has 0 bridgehead atoms. The second-order valence-corrected chi connectivity index (χ2v) is 24.6. The smallest absolute Gasteiger partial charge is 0.410 e. The number of amides is 2. The van der Waals surface area contributed by atoms with Crippen LogP contribution in [-0.2, 0) is 25.4 Å². The maximum Gasteiger partial charge on any atom is 0.410 e. The van der Waals surface area contributed by atoms with Crippen molar-refractivity contribution in [3.63, 3.8) is 0 Å². The van der Waals surface area contributed by atoms with Crippen LogP contribution >= 0.6 is 0 Å². The molecule has 6 aliphatic heterocycles. The molecule has 0 N–H and O–H groups in total. The van der Waals surface area contributed by atoms with E-state index in [1.54, 1.807) is 11.1 Å². The van der Waals surface area contributed by atoms with Crippen LogP contribution in [0.3, 0.4) is 0 Å². The Morgan fingerprint density at radius 3 is 1.57 bits per heavy atom. The van der Waals surface area contributed by atoms with Crippen LogP contribution in [0.15, 0.2) is 54.1 Å². The summed E-state index contributed by atoms with van der Waals surface area (Å²) in [6.07, 6.45) is 20.5. The van der Waals surface area contributed by atoms with E-state index in [1.807, 2.05) is 51.3 Å². The molecule has 0 aromatic heterocycles. The summed E-state index contributed by atoms with van der Waals surface area (Å²) >= 11 is 0. The zero-order valence-electron chi connectivity index (χ0n) is 42.9. The van der Waals surface area contributed by atoms with Crippen molar-refractivity contribution in [2.24, 2.45) is 16.7 Å². The van der Waals surface area contributed by atoms with Gasteiger partial charge in [-0.2, -0.15) is 0 Å². The highest BCUT2D eigenvalue weighted by molar-refractivity contribution is 5.70. The minimum absolute atomic E-state index is 0.137. The molecule has 68 heavy (non-hydrogen) atoms. The molecule has 2 saturated carbocycles. The fraction of sp³-hybridized carbons (Fsp3) is 0.724. The van der Waals surface area contributed by atoms with Gasteiger partial charge in [-0.1, -0.05) is 60.2 Å². The normalized spacial score (nSPS) is 26.2. The Morgan fingerprint density at radius 1 is 0.603 bits per heavy atom. The average Bonchev–Trinajstić information content (AvgIpc) is 3.96. The first-order valence-corrected chi connectivity index (χ1v) is 27.1.